The Balaban J connectivity index is 1.37. The van der Waals surface area contributed by atoms with Crippen LogP contribution in [0.5, 0.6) is 0 Å². The first kappa shape index (κ1) is 19.5. The molecule has 0 saturated heterocycles. The van der Waals surface area contributed by atoms with Crippen molar-refractivity contribution in [2.75, 3.05) is 11.9 Å². The fourth-order valence-electron chi connectivity index (χ4n) is 3.15. The van der Waals surface area contributed by atoms with Crippen molar-refractivity contribution in [2.45, 2.75) is 13.0 Å². The number of nitrogens with zero attached hydrogens (tertiary/aromatic N) is 4. The van der Waals surface area contributed by atoms with Gasteiger partial charge in [0.2, 0.25) is 0 Å². The third kappa shape index (κ3) is 3.97. The third-order valence-electron chi connectivity index (χ3n) is 4.63. The highest BCUT2D eigenvalue weighted by atomic mass is 35.5. The van der Waals surface area contributed by atoms with E-state index in [4.69, 9.17) is 16.3 Å². The van der Waals surface area contributed by atoms with Crippen molar-refractivity contribution in [1.82, 2.24) is 20.1 Å². The van der Waals surface area contributed by atoms with Gasteiger partial charge in [-0.1, -0.05) is 23.7 Å². The van der Waals surface area contributed by atoms with Crippen LogP contribution in [0.25, 0.3) is 16.7 Å². The minimum Gasteiger partial charge on any atom is -0.463 e. The van der Waals surface area contributed by atoms with Crippen molar-refractivity contribution >= 4 is 57.3 Å². The number of hydrogen-bond donors (Lipinski definition) is 2. The molecule has 5 rings (SSSR count). The van der Waals surface area contributed by atoms with Crippen LogP contribution in [0.15, 0.2) is 59.2 Å². The number of amides is 1. The third-order valence-corrected chi connectivity index (χ3v) is 5.88. The number of aliphatic imine (C=N–C) groups is 1. The second-order valence-corrected chi connectivity index (χ2v) is 8.33. The van der Waals surface area contributed by atoms with Gasteiger partial charge < -0.3 is 10.1 Å². The summed E-state index contributed by atoms with van der Waals surface area (Å²) in [4.78, 5) is 21.8. The zero-order valence-corrected chi connectivity index (χ0v) is 17.9. The average molecular weight is 453 g/mol. The lowest BCUT2D eigenvalue weighted by Gasteiger charge is -2.08. The molecule has 10 heteroatoms. The van der Waals surface area contributed by atoms with E-state index in [-0.39, 0.29) is 18.0 Å². The molecule has 2 N–H and O–H groups in total. The van der Waals surface area contributed by atoms with Crippen LogP contribution in [-0.4, -0.2) is 39.3 Å². The Bertz CT molecular complexity index is 1310. The van der Waals surface area contributed by atoms with Gasteiger partial charge in [0.1, 0.15) is 6.61 Å². The lowest BCUT2D eigenvalue weighted by atomic mass is 10.3. The fourth-order valence-corrected chi connectivity index (χ4v) is 4.10. The predicted octanol–water partition coefficient (Wildman–Crippen LogP) is 4.38. The van der Waals surface area contributed by atoms with E-state index in [1.54, 1.807) is 23.1 Å². The average Bonchev–Trinajstić information content (AvgIpc) is 3.49. The van der Waals surface area contributed by atoms with E-state index in [2.05, 4.69) is 25.7 Å². The SMILES string of the molecule is CC1COC(NC(=O)c2cc(-n3ncc4cc(Nc5ccccc5Cl)cnc43)cs2)=N1. The number of benzene rings is 1. The second-order valence-electron chi connectivity index (χ2n) is 7.02. The number of aromatic nitrogens is 3. The predicted molar refractivity (Wildman–Crippen MR) is 122 cm³/mol. The molecule has 1 amide bonds. The van der Waals surface area contributed by atoms with Crippen molar-refractivity contribution in [2.24, 2.45) is 4.99 Å². The van der Waals surface area contributed by atoms with Crippen molar-refractivity contribution in [3.8, 4) is 5.69 Å². The van der Waals surface area contributed by atoms with Gasteiger partial charge >= 0.3 is 0 Å². The van der Waals surface area contributed by atoms with Gasteiger partial charge in [-0.15, -0.1) is 11.3 Å². The zero-order valence-electron chi connectivity index (χ0n) is 16.4. The van der Waals surface area contributed by atoms with Gasteiger partial charge in [-0.05, 0) is 31.2 Å². The van der Waals surface area contributed by atoms with Gasteiger partial charge in [0.15, 0.2) is 5.65 Å². The van der Waals surface area contributed by atoms with E-state index >= 15 is 0 Å². The standard InChI is InChI=1S/C21H17ClN6O2S/c1-12-10-30-21(25-12)27-20(29)18-7-15(11-31-18)28-19-13(8-24-28)6-14(9-23-19)26-17-5-3-2-4-16(17)22/h2-9,11-12,26H,10H2,1H3,(H,25,27,29). The molecule has 8 nitrogen and oxygen atoms in total. The molecule has 1 unspecified atom stereocenters. The monoisotopic (exact) mass is 452 g/mol. The summed E-state index contributed by atoms with van der Waals surface area (Å²) in [5, 5.41) is 13.7. The largest absolute Gasteiger partial charge is 0.463 e. The van der Waals surface area contributed by atoms with Crippen LogP contribution in [0.3, 0.4) is 0 Å². The molecule has 1 aliphatic rings. The molecule has 4 heterocycles. The lowest BCUT2D eigenvalue weighted by Crippen LogP contribution is -2.29. The number of nitrogens with one attached hydrogen (secondary N) is 2. The first-order valence-electron chi connectivity index (χ1n) is 9.53. The summed E-state index contributed by atoms with van der Waals surface area (Å²) in [5.41, 5.74) is 3.05. The smallest absolute Gasteiger partial charge is 0.292 e. The van der Waals surface area contributed by atoms with Gasteiger partial charge in [0.05, 0.1) is 45.4 Å². The number of pyridine rings is 1. The Hall–Kier alpha value is -3.43. The number of ether oxygens (including phenoxy) is 1. The van der Waals surface area contributed by atoms with Crippen molar-refractivity contribution in [3.05, 3.63) is 64.1 Å². The van der Waals surface area contributed by atoms with Crippen LogP contribution < -0.4 is 10.6 Å². The minimum atomic E-state index is -0.264. The van der Waals surface area contributed by atoms with E-state index in [9.17, 15) is 4.79 Å². The summed E-state index contributed by atoms with van der Waals surface area (Å²) in [6.45, 7) is 2.40. The Kier molecular flexibility index (Phi) is 5.05. The molecule has 3 aromatic heterocycles. The highest BCUT2D eigenvalue weighted by Crippen LogP contribution is 2.27. The number of fused-ring (bicyclic) bond motifs is 1. The number of carbonyl (C=O) groups is 1. The highest BCUT2D eigenvalue weighted by Gasteiger charge is 2.19. The Labute approximate surface area is 186 Å². The van der Waals surface area contributed by atoms with Crippen LogP contribution in [0, 0.1) is 0 Å². The number of carbonyl (C=O) groups excluding carboxylic acids is 1. The first-order valence-corrected chi connectivity index (χ1v) is 10.8. The van der Waals surface area contributed by atoms with Gasteiger partial charge in [0.25, 0.3) is 11.9 Å². The number of hydrogen-bond acceptors (Lipinski definition) is 7. The van der Waals surface area contributed by atoms with Crippen molar-refractivity contribution in [1.29, 1.82) is 0 Å². The summed E-state index contributed by atoms with van der Waals surface area (Å²) < 4.78 is 7.04. The highest BCUT2D eigenvalue weighted by molar-refractivity contribution is 7.12. The molecule has 4 aromatic rings. The molecule has 156 valence electrons. The number of para-hydroxylation sites is 1. The van der Waals surface area contributed by atoms with E-state index < -0.39 is 0 Å². The lowest BCUT2D eigenvalue weighted by molar-refractivity contribution is 0.0972. The number of thiophene rings is 1. The molecule has 0 saturated carbocycles. The van der Waals surface area contributed by atoms with E-state index in [0.29, 0.717) is 22.2 Å². The summed E-state index contributed by atoms with van der Waals surface area (Å²) in [5.74, 6) is -0.264. The number of halogens is 1. The number of anilines is 2. The van der Waals surface area contributed by atoms with Crippen LogP contribution in [0.4, 0.5) is 11.4 Å². The molecule has 0 radical (unpaired) electrons. The Morgan fingerprint density at radius 1 is 1.29 bits per heavy atom. The van der Waals surface area contributed by atoms with Crippen molar-refractivity contribution < 1.29 is 9.53 Å². The first-order chi connectivity index (χ1) is 15.1. The number of amidine groups is 1. The quantitative estimate of drug-likeness (QED) is 0.479. The molecule has 0 bridgehead atoms. The molecular formula is C21H17ClN6O2S. The fraction of sp³-hybridized carbons (Fsp3) is 0.143. The molecule has 0 spiro atoms. The van der Waals surface area contributed by atoms with Gasteiger partial charge in [-0.3, -0.25) is 10.1 Å². The molecule has 31 heavy (non-hydrogen) atoms. The van der Waals surface area contributed by atoms with Gasteiger partial charge in [-0.25, -0.2) is 14.7 Å². The maximum absolute atomic E-state index is 12.5. The molecule has 1 aliphatic heterocycles. The van der Waals surface area contributed by atoms with Crippen LogP contribution >= 0.6 is 22.9 Å². The van der Waals surface area contributed by atoms with E-state index in [1.165, 1.54) is 11.3 Å². The molecule has 0 fully saturated rings. The summed E-state index contributed by atoms with van der Waals surface area (Å²) in [7, 11) is 0. The van der Waals surface area contributed by atoms with Gasteiger partial charge in [-0.2, -0.15) is 5.10 Å². The molecule has 1 aromatic carbocycles. The van der Waals surface area contributed by atoms with E-state index in [0.717, 1.165) is 22.4 Å². The van der Waals surface area contributed by atoms with Crippen LogP contribution in [0.1, 0.15) is 16.6 Å². The minimum absolute atomic E-state index is 0.0491. The van der Waals surface area contributed by atoms with Crippen molar-refractivity contribution in [3.63, 3.8) is 0 Å². The number of rotatable bonds is 4. The Morgan fingerprint density at radius 3 is 2.97 bits per heavy atom. The molecule has 1 atom stereocenters. The summed E-state index contributed by atoms with van der Waals surface area (Å²) in [6.07, 6.45) is 3.46. The summed E-state index contributed by atoms with van der Waals surface area (Å²) in [6, 6.07) is 11.5. The van der Waals surface area contributed by atoms with Crippen LogP contribution in [-0.2, 0) is 4.74 Å². The zero-order chi connectivity index (χ0) is 21.4. The topological polar surface area (TPSA) is 93.4 Å². The van der Waals surface area contributed by atoms with Gasteiger partial charge in [0, 0.05) is 10.8 Å². The maximum atomic E-state index is 12.5. The van der Waals surface area contributed by atoms with Crippen LogP contribution in [0.2, 0.25) is 5.02 Å². The summed E-state index contributed by atoms with van der Waals surface area (Å²) >= 11 is 7.54. The molecule has 0 aliphatic carbocycles. The maximum Gasteiger partial charge on any atom is 0.292 e. The Morgan fingerprint density at radius 2 is 2.16 bits per heavy atom. The van der Waals surface area contributed by atoms with E-state index in [1.807, 2.05) is 42.6 Å². The normalized spacial score (nSPS) is 15.5. The second kappa shape index (κ2) is 8.01. The molecular weight excluding hydrogens is 436 g/mol.